The first-order valence-corrected chi connectivity index (χ1v) is 10.2. The van der Waals surface area contributed by atoms with Crippen molar-refractivity contribution < 1.29 is 18.3 Å². The number of carbonyl (C=O) groups excluding carboxylic acids is 1. The van der Waals surface area contributed by atoms with Gasteiger partial charge in [-0.1, -0.05) is 48.5 Å². The van der Waals surface area contributed by atoms with Gasteiger partial charge in [0.25, 0.3) is 15.9 Å². The molecule has 148 valence electrons. The van der Waals surface area contributed by atoms with Crippen molar-refractivity contribution in [1.82, 2.24) is 5.43 Å². The molecule has 3 aromatic carbocycles. The molecule has 0 aliphatic heterocycles. The van der Waals surface area contributed by atoms with Gasteiger partial charge in [-0.05, 0) is 36.4 Å². The minimum atomic E-state index is -3.95. The van der Waals surface area contributed by atoms with E-state index in [0.717, 1.165) is 4.31 Å². The van der Waals surface area contributed by atoms with E-state index in [4.69, 9.17) is 0 Å². The third-order valence-corrected chi connectivity index (χ3v) is 5.78. The van der Waals surface area contributed by atoms with Gasteiger partial charge in [0, 0.05) is 5.56 Å². The average molecular weight is 409 g/mol. The Labute approximate surface area is 169 Å². The van der Waals surface area contributed by atoms with Gasteiger partial charge < -0.3 is 5.11 Å². The van der Waals surface area contributed by atoms with Gasteiger partial charge in [0.05, 0.1) is 16.8 Å². The molecule has 0 spiro atoms. The van der Waals surface area contributed by atoms with Gasteiger partial charge in [-0.2, -0.15) is 5.10 Å². The third-order valence-electron chi connectivity index (χ3n) is 3.99. The summed E-state index contributed by atoms with van der Waals surface area (Å²) in [5.41, 5.74) is 3.07. The van der Waals surface area contributed by atoms with Crippen LogP contribution in [0.5, 0.6) is 5.75 Å². The molecular weight excluding hydrogens is 390 g/mol. The monoisotopic (exact) mass is 409 g/mol. The van der Waals surface area contributed by atoms with E-state index in [1.807, 2.05) is 0 Å². The Balaban J connectivity index is 1.81. The van der Waals surface area contributed by atoms with Gasteiger partial charge in [0.15, 0.2) is 0 Å². The third kappa shape index (κ3) is 4.99. The number of para-hydroxylation sites is 2. The number of aromatic hydroxyl groups is 1. The second-order valence-electron chi connectivity index (χ2n) is 6.01. The molecule has 0 unspecified atom stereocenters. The fraction of sp³-hybridized carbons (Fsp3) is 0.0476. The van der Waals surface area contributed by atoms with Crippen LogP contribution in [0.3, 0.4) is 0 Å². The zero-order valence-electron chi connectivity index (χ0n) is 15.3. The molecule has 0 aliphatic rings. The largest absolute Gasteiger partial charge is 0.507 e. The summed E-state index contributed by atoms with van der Waals surface area (Å²) in [7, 11) is -3.95. The smallest absolute Gasteiger partial charge is 0.264 e. The van der Waals surface area contributed by atoms with Crippen LogP contribution in [-0.4, -0.2) is 32.2 Å². The lowest BCUT2D eigenvalue weighted by molar-refractivity contribution is -0.119. The Hall–Kier alpha value is -3.65. The molecule has 1 amide bonds. The minimum Gasteiger partial charge on any atom is -0.507 e. The second kappa shape index (κ2) is 9.03. The Kier molecular flexibility index (Phi) is 6.25. The maximum Gasteiger partial charge on any atom is 0.264 e. The predicted octanol–water partition coefficient (Wildman–Crippen LogP) is 2.74. The molecule has 0 aromatic heterocycles. The lowest BCUT2D eigenvalue weighted by Crippen LogP contribution is -2.39. The standard InChI is InChI=1S/C21H19N3O4S/c25-20-14-8-7-9-17(20)15-22-23-21(26)16-24(18-10-3-1-4-11-18)29(27,28)19-12-5-2-6-13-19/h1-15,25H,16H2,(H,23,26)/b22-15-. The van der Waals surface area contributed by atoms with Crippen LogP contribution in [0.15, 0.2) is 94.9 Å². The van der Waals surface area contributed by atoms with Crippen LogP contribution < -0.4 is 9.73 Å². The number of nitrogens with zero attached hydrogens (tertiary/aromatic N) is 2. The van der Waals surface area contributed by atoms with Crippen LogP contribution in [0.1, 0.15) is 5.56 Å². The summed E-state index contributed by atoms with van der Waals surface area (Å²) in [6.45, 7) is -0.459. The average Bonchev–Trinajstić information content (AvgIpc) is 2.74. The number of benzene rings is 3. The number of hydrogen-bond acceptors (Lipinski definition) is 5. The number of rotatable bonds is 7. The highest BCUT2D eigenvalue weighted by Crippen LogP contribution is 2.23. The number of phenols is 1. The maximum atomic E-state index is 13.1. The first-order valence-electron chi connectivity index (χ1n) is 8.71. The number of nitrogens with one attached hydrogen (secondary N) is 1. The van der Waals surface area contributed by atoms with E-state index in [-0.39, 0.29) is 10.6 Å². The molecule has 7 nitrogen and oxygen atoms in total. The summed E-state index contributed by atoms with van der Waals surface area (Å²) in [6, 6.07) is 22.8. The maximum absolute atomic E-state index is 13.1. The Morgan fingerprint density at radius 1 is 0.931 bits per heavy atom. The van der Waals surface area contributed by atoms with Crippen LogP contribution in [0, 0.1) is 0 Å². The van der Waals surface area contributed by atoms with Gasteiger partial charge in [0.1, 0.15) is 12.3 Å². The molecule has 3 aromatic rings. The predicted molar refractivity (Wildman–Crippen MR) is 111 cm³/mol. The number of phenolic OH excluding ortho intramolecular Hbond substituents is 1. The molecule has 8 heteroatoms. The summed E-state index contributed by atoms with van der Waals surface area (Å²) in [4.78, 5) is 12.5. The quantitative estimate of drug-likeness (QED) is 0.463. The van der Waals surface area contributed by atoms with Crippen molar-refractivity contribution >= 4 is 27.8 Å². The molecule has 0 heterocycles. The lowest BCUT2D eigenvalue weighted by atomic mass is 10.2. The van der Waals surface area contributed by atoms with Crippen molar-refractivity contribution in [1.29, 1.82) is 0 Å². The van der Waals surface area contributed by atoms with Gasteiger partial charge in [0.2, 0.25) is 0 Å². The van der Waals surface area contributed by atoms with Crippen molar-refractivity contribution in [2.24, 2.45) is 5.10 Å². The molecule has 0 bridgehead atoms. The molecule has 0 fully saturated rings. The molecule has 29 heavy (non-hydrogen) atoms. The second-order valence-corrected chi connectivity index (χ2v) is 7.87. The van der Waals surface area contributed by atoms with E-state index >= 15 is 0 Å². The zero-order chi connectivity index (χ0) is 20.7. The fourth-order valence-corrected chi connectivity index (χ4v) is 4.01. The molecule has 0 saturated carbocycles. The van der Waals surface area contributed by atoms with Crippen LogP contribution >= 0.6 is 0 Å². The summed E-state index contributed by atoms with van der Waals surface area (Å²) >= 11 is 0. The highest BCUT2D eigenvalue weighted by atomic mass is 32.2. The normalized spacial score (nSPS) is 11.3. The SMILES string of the molecule is O=C(CN(c1ccccc1)S(=O)(=O)c1ccccc1)N/N=C\c1ccccc1O. The van der Waals surface area contributed by atoms with Crippen LogP contribution in [0.25, 0.3) is 0 Å². The van der Waals surface area contributed by atoms with Crippen LogP contribution in [-0.2, 0) is 14.8 Å². The molecule has 0 radical (unpaired) electrons. The summed E-state index contributed by atoms with van der Waals surface area (Å²) in [5.74, 6) is -0.608. The number of hydrazone groups is 1. The first-order chi connectivity index (χ1) is 14.0. The van der Waals surface area contributed by atoms with Gasteiger partial charge in [-0.15, -0.1) is 0 Å². The fourth-order valence-electron chi connectivity index (χ4n) is 2.57. The van der Waals surface area contributed by atoms with E-state index in [2.05, 4.69) is 10.5 Å². The topological polar surface area (TPSA) is 99.1 Å². The Morgan fingerprint density at radius 2 is 1.52 bits per heavy atom. The molecular formula is C21H19N3O4S. The number of hydrogen-bond donors (Lipinski definition) is 2. The van der Waals surface area contributed by atoms with Crippen molar-refractivity contribution in [3.8, 4) is 5.75 Å². The van der Waals surface area contributed by atoms with E-state index in [9.17, 15) is 18.3 Å². The van der Waals surface area contributed by atoms with E-state index < -0.39 is 22.5 Å². The van der Waals surface area contributed by atoms with Gasteiger partial charge in [-0.3, -0.25) is 9.10 Å². The van der Waals surface area contributed by atoms with Crippen molar-refractivity contribution in [3.63, 3.8) is 0 Å². The lowest BCUT2D eigenvalue weighted by Gasteiger charge is -2.23. The van der Waals surface area contributed by atoms with Crippen molar-refractivity contribution in [3.05, 3.63) is 90.5 Å². The first kappa shape index (κ1) is 20.1. The number of carbonyl (C=O) groups is 1. The molecule has 0 aliphatic carbocycles. The van der Waals surface area contributed by atoms with Crippen molar-refractivity contribution in [2.75, 3.05) is 10.8 Å². The van der Waals surface area contributed by atoms with Crippen LogP contribution in [0.2, 0.25) is 0 Å². The number of amides is 1. The molecule has 0 atom stereocenters. The minimum absolute atomic E-state index is 0.0167. The molecule has 3 rings (SSSR count). The van der Waals surface area contributed by atoms with Gasteiger partial charge in [-0.25, -0.2) is 13.8 Å². The highest BCUT2D eigenvalue weighted by molar-refractivity contribution is 7.92. The number of sulfonamides is 1. The number of anilines is 1. The van der Waals surface area contributed by atoms with E-state index in [0.29, 0.717) is 11.3 Å². The van der Waals surface area contributed by atoms with E-state index in [1.54, 1.807) is 66.7 Å². The Bertz CT molecular complexity index is 1100. The summed E-state index contributed by atoms with van der Waals surface area (Å²) in [6.07, 6.45) is 1.28. The zero-order valence-corrected chi connectivity index (χ0v) is 16.2. The molecule has 2 N–H and O–H groups in total. The van der Waals surface area contributed by atoms with E-state index in [1.165, 1.54) is 24.4 Å². The van der Waals surface area contributed by atoms with Crippen LogP contribution in [0.4, 0.5) is 5.69 Å². The Morgan fingerprint density at radius 3 is 2.17 bits per heavy atom. The molecule has 0 saturated heterocycles. The summed E-state index contributed by atoms with van der Waals surface area (Å²) in [5, 5.41) is 13.5. The summed E-state index contributed by atoms with van der Waals surface area (Å²) < 4.78 is 27.2. The van der Waals surface area contributed by atoms with Crippen molar-refractivity contribution in [2.45, 2.75) is 4.90 Å². The highest BCUT2D eigenvalue weighted by Gasteiger charge is 2.26. The van der Waals surface area contributed by atoms with Gasteiger partial charge >= 0.3 is 0 Å².